The number of hydrogen-bond acceptors (Lipinski definition) is 3. The summed E-state index contributed by atoms with van der Waals surface area (Å²) in [5.74, 6) is 0.494. The molecule has 0 aliphatic carbocycles. The average Bonchev–Trinajstić information content (AvgIpc) is 3.00. The second-order valence-corrected chi connectivity index (χ2v) is 7.20. The molecule has 0 spiro atoms. The molecule has 3 rings (SSSR count). The molecular weight excluding hydrogens is 313 g/mol. The molecule has 1 fully saturated rings. The molecule has 1 N–H and O–H groups in total. The van der Waals surface area contributed by atoms with Gasteiger partial charge in [-0.25, -0.2) is 4.39 Å². The zero-order valence-electron chi connectivity index (χ0n) is 15.2. The molecule has 4 heteroatoms. The third-order valence-electron chi connectivity index (χ3n) is 5.33. The van der Waals surface area contributed by atoms with Gasteiger partial charge in [-0.1, -0.05) is 24.3 Å². The summed E-state index contributed by atoms with van der Waals surface area (Å²) >= 11 is 0. The van der Waals surface area contributed by atoms with Crippen LogP contribution in [0.1, 0.15) is 36.9 Å². The van der Waals surface area contributed by atoms with E-state index in [0.29, 0.717) is 18.0 Å². The van der Waals surface area contributed by atoms with Crippen LogP contribution in [-0.2, 0) is 6.42 Å². The maximum atomic E-state index is 13.7. The molecule has 0 amide bonds. The minimum atomic E-state index is -0.0937. The van der Waals surface area contributed by atoms with Crippen LogP contribution in [0.15, 0.2) is 48.8 Å². The quantitative estimate of drug-likeness (QED) is 0.830. The summed E-state index contributed by atoms with van der Waals surface area (Å²) < 4.78 is 13.7. The van der Waals surface area contributed by atoms with Crippen LogP contribution in [0.2, 0.25) is 0 Å². The number of hydrogen-bond donors (Lipinski definition) is 1. The van der Waals surface area contributed by atoms with E-state index < -0.39 is 0 Å². The second-order valence-electron chi connectivity index (χ2n) is 7.20. The van der Waals surface area contributed by atoms with Gasteiger partial charge in [0, 0.05) is 31.0 Å². The number of pyridine rings is 1. The number of halogens is 1. The van der Waals surface area contributed by atoms with Crippen LogP contribution < -0.4 is 5.32 Å². The molecule has 1 aromatic carbocycles. The number of nitrogens with zero attached hydrogens (tertiary/aromatic N) is 2. The third-order valence-corrected chi connectivity index (χ3v) is 5.33. The highest BCUT2D eigenvalue weighted by Gasteiger charge is 2.32. The van der Waals surface area contributed by atoms with Crippen LogP contribution in [-0.4, -0.2) is 36.1 Å². The van der Waals surface area contributed by atoms with Crippen LogP contribution >= 0.6 is 0 Å². The molecule has 0 radical (unpaired) electrons. The van der Waals surface area contributed by atoms with Gasteiger partial charge in [0.15, 0.2) is 0 Å². The zero-order valence-corrected chi connectivity index (χ0v) is 15.2. The topological polar surface area (TPSA) is 28.2 Å². The molecule has 0 saturated carbocycles. The Bertz CT molecular complexity index is 661. The first-order chi connectivity index (χ1) is 12.1. The summed E-state index contributed by atoms with van der Waals surface area (Å²) in [6, 6.07) is 12.1. The van der Waals surface area contributed by atoms with Crippen molar-refractivity contribution in [3.05, 3.63) is 65.7 Å². The van der Waals surface area contributed by atoms with Gasteiger partial charge in [-0.3, -0.25) is 9.88 Å². The molecule has 134 valence electrons. The Morgan fingerprint density at radius 1 is 1.28 bits per heavy atom. The van der Waals surface area contributed by atoms with Gasteiger partial charge in [-0.05, 0) is 69.0 Å². The van der Waals surface area contributed by atoms with Crippen molar-refractivity contribution in [2.45, 2.75) is 38.3 Å². The summed E-state index contributed by atoms with van der Waals surface area (Å²) in [7, 11) is 2.19. The highest BCUT2D eigenvalue weighted by atomic mass is 19.1. The van der Waals surface area contributed by atoms with Crippen molar-refractivity contribution < 1.29 is 4.39 Å². The third kappa shape index (κ3) is 4.65. The van der Waals surface area contributed by atoms with E-state index in [1.165, 1.54) is 12.0 Å². The standard InChI is InChI=1S/C21H28FN3/c1-16(9-10-17-6-3-4-8-20(17)22)24-15-19-11-13-25(2)21(19)18-7-5-12-23-14-18/h3-8,12,14,16,19,21,24H,9-11,13,15H2,1-2H3/t16-,19+,21+/m1/s1. The Kier molecular flexibility index (Phi) is 6.16. The first kappa shape index (κ1) is 18.0. The number of rotatable bonds is 7. The molecule has 2 heterocycles. The first-order valence-electron chi connectivity index (χ1n) is 9.22. The normalized spacial score (nSPS) is 22.2. The Hall–Kier alpha value is -1.78. The number of nitrogens with one attached hydrogen (secondary N) is 1. The van der Waals surface area contributed by atoms with Gasteiger partial charge in [0.25, 0.3) is 0 Å². The Morgan fingerprint density at radius 2 is 2.12 bits per heavy atom. The van der Waals surface area contributed by atoms with E-state index in [9.17, 15) is 4.39 Å². The summed E-state index contributed by atoms with van der Waals surface area (Å²) in [6.07, 6.45) is 6.74. The minimum absolute atomic E-state index is 0.0937. The van der Waals surface area contributed by atoms with Crippen molar-refractivity contribution in [3.8, 4) is 0 Å². The maximum absolute atomic E-state index is 13.7. The van der Waals surface area contributed by atoms with Crippen molar-refractivity contribution in [1.29, 1.82) is 0 Å². The summed E-state index contributed by atoms with van der Waals surface area (Å²) in [5.41, 5.74) is 2.11. The molecule has 3 nitrogen and oxygen atoms in total. The lowest BCUT2D eigenvalue weighted by atomic mass is 9.94. The van der Waals surface area contributed by atoms with E-state index in [2.05, 4.69) is 35.2 Å². The molecule has 1 saturated heterocycles. The molecule has 1 aliphatic heterocycles. The van der Waals surface area contributed by atoms with Gasteiger partial charge in [0.1, 0.15) is 5.82 Å². The molecule has 2 aromatic rings. The number of benzene rings is 1. The van der Waals surface area contributed by atoms with E-state index in [4.69, 9.17) is 0 Å². The zero-order chi connectivity index (χ0) is 17.6. The predicted molar refractivity (Wildman–Crippen MR) is 99.9 cm³/mol. The number of likely N-dealkylation sites (tertiary alicyclic amines) is 1. The molecule has 3 atom stereocenters. The van der Waals surface area contributed by atoms with E-state index >= 15 is 0 Å². The number of aromatic nitrogens is 1. The van der Waals surface area contributed by atoms with Gasteiger partial charge < -0.3 is 5.32 Å². The largest absolute Gasteiger partial charge is 0.314 e. The van der Waals surface area contributed by atoms with Crippen molar-refractivity contribution in [1.82, 2.24) is 15.2 Å². The molecule has 0 unspecified atom stereocenters. The Labute approximate surface area is 150 Å². The number of aryl methyl sites for hydroxylation is 1. The van der Waals surface area contributed by atoms with Crippen LogP contribution in [0.3, 0.4) is 0 Å². The van der Waals surface area contributed by atoms with Crippen molar-refractivity contribution in [2.75, 3.05) is 20.1 Å². The van der Waals surface area contributed by atoms with Crippen molar-refractivity contribution >= 4 is 0 Å². The fraction of sp³-hybridized carbons (Fsp3) is 0.476. The molecule has 1 aromatic heterocycles. The van der Waals surface area contributed by atoms with Crippen LogP contribution in [0.4, 0.5) is 4.39 Å². The molecule has 25 heavy (non-hydrogen) atoms. The smallest absolute Gasteiger partial charge is 0.126 e. The highest BCUT2D eigenvalue weighted by Crippen LogP contribution is 2.35. The average molecular weight is 341 g/mol. The van der Waals surface area contributed by atoms with Gasteiger partial charge in [-0.2, -0.15) is 0 Å². The maximum Gasteiger partial charge on any atom is 0.126 e. The van der Waals surface area contributed by atoms with Crippen LogP contribution in [0.25, 0.3) is 0 Å². The summed E-state index contributed by atoms with van der Waals surface area (Å²) in [6.45, 7) is 4.30. The van der Waals surface area contributed by atoms with Crippen LogP contribution in [0.5, 0.6) is 0 Å². The van der Waals surface area contributed by atoms with Crippen LogP contribution in [0, 0.1) is 11.7 Å². The molecule has 0 bridgehead atoms. The van der Waals surface area contributed by atoms with E-state index in [1.807, 2.05) is 30.6 Å². The fourth-order valence-electron chi connectivity index (χ4n) is 3.85. The SMILES string of the molecule is C[C@H](CCc1ccccc1F)NC[C@@H]1CCN(C)[C@H]1c1cccnc1. The fourth-order valence-corrected chi connectivity index (χ4v) is 3.85. The minimum Gasteiger partial charge on any atom is -0.314 e. The van der Waals surface area contributed by atoms with Gasteiger partial charge >= 0.3 is 0 Å². The molecular formula is C21H28FN3. The summed E-state index contributed by atoms with van der Waals surface area (Å²) in [4.78, 5) is 6.71. The Balaban J connectivity index is 1.51. The summed E-state index contributed by atoms with van der Waals surface area (Å²) in [5, 5.41) is 3.67. The van der Waals surface area contributed by atoms with E-state index in [-0.39, 0.29) is 5.82 Å². The monoisotopic (exact) mass is 341 g/mol. The Morgan fingerprint density at radius 3 is 2.88 bits per heavy atom. The van der Waals surface area contributed by atoms with Crippen molar-refractivity contribution in [2.24, 2.45) is 5.92 Å². The van der Waals surface area contributed by atoms with E-state index in [1.54, 1.807) is 12.1 Å². The molecule has 1 aliphatic rings. The van der Waals surface area contributed by atoms with Gasteiger partial charge in [-0.15, -0.1) is 0 Å². The van der Waals surface area contributed by atoms with Gasteiger partial charge in [0.05, 0.1) is 0 Å². The second kappa shape index (κ2) is 8.54. The highest BCUT2D eigenvalue weighted by molar-refractivity contribution is 5.18. The first-order valence-corrected chi connectivity index (χ1v) is 9.22. The lowest BCUT2D eigenvalue weighted by Gasteiger charge is -2.26. The lowest BCUT2D eigenvalue weighted by Crippen LogP contribution is -2.34. The predicted octanol–water partition coefficient (Wildman–Crippen LogP) is 3.82. The lowest BCUT2D eigenvalue weighted by molar-refractivity contribution is 0.267. The van der Waals surface area contributed by atoms with Crippen molar-refractivity contribution in [3.63, 3.8) is 0 Å². The van der Waals surface area contributed by atoms with E-state index in [0.717, 1.165) is 31.5 Å². The van der Waals surface area contributed by atoms with Gasteiger partial charge in [0.2, 0.25) is 0 Å².